The molecule has 0 atom stereocenters. The molecular weight excluding hydrogens is 448 g/mol. The number of anilines is 1. The van der Waals surface area contributed by atoms with E-state index in [9.17, 15) is 4.79 Å². The first-order chi connectivity index (χ1) is 17.1. The van der Waals surface area contributed by atoms with Crippen LogP contribution in [0, 0.1) is 6.92 Å². The topological polar surface area (TPSA) is 145 Å². The van der Waals surface area contributed by atoms with Gasteiger partial charge in [-0.3, -0.25) is 10.3 Å². The molecular formula is C24H20N8O3. The van der Waals surface area contributed by atoms with Gasteiger partial charge in [0, 0.05) is 37.0 Å². The van der Waals surface area contributed by atoms with E-state index < -0.39 is 0 Å². The molecule has 0 aliphatic carbocycles. The molecule has 0 saturated heterocycles. The summed E-state index contributed by atoms with van der Waals surface area (Å²) in [5, 5.41) is 21.8. The van der Waals surface area contributed by atoms with Crippen LogP contribution in [0.4, 0.5) is 10.6 Å². The minimum Gasteiger partial charge on any atom is -0.420 e. The van der Waals surface area contributed by atoms with Crippen molar-refractivity contribution in [2.45, 2.75) is 13.8 Å². The Balaban J connectivity index is 1.59. The van der Waals surface area contributed by atoms with Gasteiger partial charge in [-0.1, -0.05) is 18.2 Å². The molecule has 0 aliphatic heterocycles. The fraction of sp³-hybridized carbons (Fsp3) is 0.125. The van der Waals surface area contributed by atoms with Crippen molar-refractivity contribution in [1.82, 2.24) is 35.7 Å². The van der Waals surface area contributed by atoms with Crippen molar-refractivity contribution in [2.75, 3.05) is 11.9 Å². The van der Waals surface area contributed by atoms with Crippen molar-refractivity contribution < 1.29 is 13.6 Å². The van der Waals surface area contributed by atoms with Gasteiger partial charge in [-0.15, -0.1) is 20.4 Å². The summed E-state index contributed by atoms with van der Waals surface area (Å²) < 4.78 is 11.5. The third-order valence-electron chi connectivity index (χ3n) is 4.98. The Kier molecular flexibility index (Phi) is 5.95. The molecule has 0 radical (unpaired) electrons. The molecule has 35 heavy (non-hydrogen) atoms. The summed E-state index contributed by atoms with van der Waals surface area (Å²) in [6, 6.07) is 14.4. The van der Waals surface area contributed by atoms with Crippen molar-refractivity contribution in [3.63, 3.8) is 0 Å². The third kappa shape index (κ3) is 4.74. The molecule has 5 rings (SSSR count). The third-order valence-corrected chi connectivity index (χ3v) is 4.98. The molecule has 5 aromatic rings. The van der Waals surface area contributed by atoms with Gasteiger partial charge in [0.15, 0.2) is 0 Å². The van der Waals surface area contributed by atoms with Crippen LogP contribution in [0.2, 0.25) is 0 Å². The highest BCUT2D eigenvalue weighted by Crippen LogP contribution is 2.35. The minimum absolute atomic E-state index is 0.271. The second-order valence-corrected chi connectivity index (χ2v) is 7.43. The molecule has 4 heterocycles. The largest absolute Gasteiger partial charge is 0.420 e. The average Bonchev–Trinajstić information content (AvgIpc) is 3.54. The van der Waals surface area contributed by atoms with Crippen LogP contribution in [0.15, 0.2) is 69.8 Å². The Morgan fingerprint density at radius 1 is 0.857 bits per heavy atom. The zero-order chi connectivity index (χ0) is 24.2. The fourth-order valence-electron chi connectivity index (χ4n) is 3.40. The number of hydrogen-bond acceptors (Lipinski definition) is 9. The first-order valence-electron chi connectivity index (χ1n) is 10.8. The molecule has 1 aromatic carbocycles. The summed E-state index contributed by atoms with van der Waals surface area (Å²) in [5.74, 6) is 1.72. The molecule has 0 bridgehead atoms. The van der Waals surface area contributed by atoms with Gasteiger partial charge in [-0.05, 0) is 42.8 Å². The lowest BCUT2D eigenvalue weighted by atomic mass is 10.0. The van der Waals surface area contributed by atoms with E-state index in [1.54, 1.807) is 31.5 Å². The molecule has 11 nitrogen and oxygen atoms in total. The van der Waals surface area contributed by atoms with Gasteiger partial charge in [-0.2, -0.15) is 0 Å². The van der Waals surface area contributed by atoms with Crippen LogP contribution in [-0.4, -0.2) is 42.9 Å². The van der Waals surface area contributed by atoms with Gasteiger partial charge in [-0.25, -0.2) is 9.78 Å². The van der Waals surface area contributed by atoms with E-state index in [1.165, 1.54) is 0 Å². The van der Waals surface area contributed by atoms with Crippen LogP contribution in [0.3, 0.4) is 0 Å². The molecule has 0 spiro atoms. The molecule has 2 amide bonds. The van der Waals surface area contributed by atoms with E-state index >= 15 is 0 Å². The summed E-state index contributed by atoms with van der Waals surface area (Å²) in [6.45, 7) is 4.02. The summed E-state index contributed by atoms with van der Waals surface area (Å²) in [7, 11) is 0. The number of rotatable bonds is 6. The SMILES string of the molecule is CCNC(=O)Nc1cc(-c2nnc(-c3ccccc3)o2)c(-c2ccnc(-c3nnc(C)o3)c2)cn1. The number of nitrogens with one attached hydrogen (secondary N) is 2. The van der Waals surface area contributed by atoms with Crippen molar-refractivity contribution in [3.8, 4) is 45.6 Å². The van der Waals surface area contributed by atoms with Gasteiger partial charge in [0.1, 0.15) is 11.5 Å². The van der Waals surface area contributed by atoms with E-state index in [-0.39, 0.29) is 11.9 Å². The first kappa shape index (κ1) is 21.9. The van der Waals surface area contributed by atoms with Crippen LogP contribution in [-0.2, 0) is 0 Å². The highest BCUT2D eigenvalue weighted by Gasteiger charge is 2.19. The number of carbonyl (C=O) groups excluding carboxylic acids is 1. The molecule has 2 N–H and O–H groups in total. The van der Waals surface area contributed by atoms with Crippen molar-refractivity contribution in [2.24, 2.45) is 0 Å². The van der Waals surface area contributed by atoms with E-state index in [1.807, 2.05) is 43.3 Å². The maximum Gasteiger partial charge on any atom is 0.320 e. The summed E-state index contributed by atoms with van der Waals surface area (Å²) in [5.41, 5.74) is 3.34. The second-order valence-electron chi connectivity index (χ2n) is 7.43. The number of urea groups is 1. The highest BCUT2D eigenvalue weighted by molar-refractivity contribution is 5.90. The quantitative estimate of drug-likeness (QED) is 0.371. The zero-order valence-corrected chi connectivity index (χ0v) is 18.9. The van der Waals surface area contributed by atoms with E-state index in [0.29, 0.717) is 46.9 Å². The van der Waals surface area contributed by atoms with Crippen molar-refractivity contribution in [3.05, 3.63) is 66.8 Å². The Bertz CT molecular complexity index is 1480. The molecule has 174 valence electrons. The first-order valence-corrected chi connectivity index (χ1v) is 10.8. The number of amides is 2. The number of pyridine rings is 2. The van der Waals surface area contributed by atoms with Crippen molar-refractivity contribution >= 4 is 11.8 Å². The Labute approximate surface area is 199 Å². The molecule has 0 fully saturated rings. The van der Waals surface area contributed by atoms with Crippen molar-refractivity contribution in [1.29, 1.82) is 0 Å². The van der Waals surface area contributed by atoms with Gasteiger partial charge in [0.2, 0.25) is 17.7 Å². The van der Waals surface area contributed by atoms with E-state index in [0.717, 1.165) is 11.1 Å². The Hall–Kier alpha value is -4.93. The van der Waals surface area contributed by atoms with Crippen LogP contribution < -0.4 is 10.6 Å². The van der Waals surface area contributed by atoms with Gasteiger partial charge in [0.05, 0.1) is 5.56 Å². The lowest BCUT2D eigenvalue weighted by Crippen LogP contribution is -2.28. The number of aryl methyl sites for hydroxylation is 1. The minimum atomic E-state index is -0.368. The molecule has 0 saturated carbocycles. The maximum absolute atomic E-state index is 12.1. The molecule has 11 heteroatoms. The van der Waals surface area contributed by atoms with Gasteiger partial charge >= 0.3 is 6.03 Å². The standard InChI is InChI=1S/C24H20N8O3/c1-3-25-24(33)28-20-12-17(22-31-30-21(35-22)15-7-5-4-6-8-15)18(13-27-20)16-9-10-26-19(11-16)23-32-29-14(2)34-23/h4-13H,3H2,1-2H3,(H2,25,27,28,33). The predicted octanol–water partition coefficient (Wildman–Crippen LogP) is 4.36. The number of nitrogens with zero attached hydrogens (tertiary/aromatic N) is 6. The van der Waals surface area contributed by atoms with Crippen LogP contribution in [0.5, 0.6) is 0 Å². The molecule has 0 unspecified atom stereocenters. The maximum atomic E-state index is 12.1. The zero-order valence-electron chi connectivity index (χ0n) is 18.9. The smallest absolute Gasteiger partial charge is 0.320 e. The Morgan fingerprint density at radius 3 is 2.43 bits per heavy atom. The van der Waals surface area contributed by atoms with Crippen LogP contribution in [0.1, 0.15) is 12.8 Å². The Morgan fingerprint density at radius 2 is 1.66 bits per heavy atom. The lowest BCUT2D eigenvalue weighted by Gasteiger charge is -2.10. The number of carbonyl (C=O) groups is 1. The molecule has 4 aromatic heterocycles. The summed E-state index contributed by atoms with van der Waals surface area (Å²) in [6.07, 6.45) is 3.26. The second kappa shape index (κ2) is 9.51. The fourth-order valence-corrected chi connectivity index (χ4v) is 3.40. The highest BCUT2D eigenvalue weighted by atomic mass is 16.4. The lowest BCUT2D eigenvalue weighted by molar-refractivity contribution is 0.252. The normalized spacial score (nSPS) is 10.8. The summed E-state index contributed by atoms with van der Waals surface area (Å²) >= 11 is 0. The van der Waals surface area contributed by atoms with Crippen LogP contribution >= 0.6 is 0 Å². The van der Waals surface area contributed by atoms with Gasteiger partial charge in [0.25, 0.3) is 5.89 Å². The number of aromatic nitrogens is 6. The van der Waals surface area contributed by atoms with E-state index in [4.69, 9.17) is 8.83 Å². The van der Waals surface area contributed by atoms with E-state index in [2.05, 4.69) is 41.0 Å². The summed E-state index contributed by atoms with van der Waals surface area (Å²) in [4.78, 5) is 20.8. The average molecular weight is 468 g/mol. The van der Waals surface area contributed by atoms with Gasteiger partial charge < -0.3 is 14.2 Å². The molecule has 0 aliphatic rings. The predicted molar refractivity (Wildman–Crippen MR) is 127 cm³/mol. The monoisotopic (exact) mass is 468 g/mol. The number of hydrogen-bond donors (Lipinski definition) is 2. The van der Waals surface area contributed by atoms with Crippen LogP contribution in [0.25, 0.3) is 45.6 Å². The number of benzene rings is 1.